The standard InChI is InChI=1S/C4H12NP/c1-4(3-5)6-2/h4,6H,3,5H2,1-2H3/t4-/m0/s1. The summed E-state index contributed by atoms with van der Waals surface area (Å²) in [6.45, 7) is 5.19. The molecule has 0 aliphatic carbocycles. The summed E-state index contributed by atoms with van der Waals surface area (Å²) in [6, 6.07) is 0. The Kier molecular flexibility index (Phi) is 3.81. The number of rotatable bonds is 2. The van der Waals surface area contributed by atoms with Crippen LogP contribution in [-0.4, -0.2) is 18.9 Å². The van der Waals surface area contributed by atoms with E-state index >= 15 is 0 Å². The van der Waals surface area contributed by atoms with E-state index in [1.165, 1.54) is 0 Å². The normalized spacial score (nSPS) is 16.5. The van der Waals surface area contributed by atoms with Crippen LogP contribution in [-0.2, 0) is 0 Å². The van der Waals surface area contributed by atoms with Crippen molar-refractivity contribution in [3.63, 3.8) is 0 Å². The molecule has 0 radical (unpaired) electrons. The lowest BCUT2D eigenvalue weighted by molar-refractivity contribution is 0.948. The molecule has 0 aliphatic rings. The largest absolute Gasteiger partial charge is 0.330 e. The lowest BCUT2D eigenvalue weighted by Crippen LogP contribution is -2.10. The zero-order valence-electron chi connectivity index (χ0n) is 4.36. The van der Waals surface area contributed by atoms with Gasteiger partial charge in [-0.25, -0.2) is 0 Å². The van der Waals surface area contributed by atoms with Crippen molar-refractivity contribution >= 4 is 8.58 Å². The molecule has 0 saturated heterocycles. The first-order valence-electron chi connectivity index (χ1n) is 2.18. The van der Waals surface area contributed by atoms with Crippen molar-refractivity contribution in [2.24, 2.45) is 5.73 Å². The molecule has 0 bridgehead atoms. The van der Waals surface area contributed by atoms with Gasteiger partial charge in [-0.05, 0) is 18.9 Å². The van der Waals surface area contributed by atoms with E-state index in [-0.39, 0.29) is 0 Å². The Hall–Kier alpha value is 0.390. The van der Waals surface area contributed by atoms with Crippen LogP contribution < -0.4 is 5.73 Å². The SMILES string of the molecule is CP[C@@H](C)CN. The van der Waals surface area contributed by atoms with Crippen molar-refractivity contribution in [3.8, 4) is 0 Å². The van der Waals surface area contributed by atoms with Crippen LogP contribution in [0.2, 0.25) is 0 Å². The van der Waals surface area contributed by atoms with Gasteiger partial charge in [0, 0.05) is 0 Å². The number of nitrogens with two attached hydrogens (primary N) is 1. The molecule has 0 saturated carbocycles. The maximum absolute atomic E-state index is 5.29. The van der Waals surface area contributed by atoms with E-state index in [0.717, 1.165) is 20.8 Å². The first-order chi connectivity index (χ1) is 2.81. The molecule has 2 N–H and O–H groups in total. The zero-order chi connectivity index (χ0) is 4.99. The third kappa shape index (κ3) is 2.62. The highest BCUT2D eigenvalue weighted by Gasteiger charge is 1.88. The van der Waals surface area contributed by atoms with E-state index in [4.69, 9.17) is 5.73 Å². The van der Waals surface area contributed by atoms with E-state index in [0.29, 0.717) is 0 Å². The van der Waals surface area contributed by atoms with Crippen LogP contribution >= 0.6 is 8.58 Å². The highest BCUT2D eigenvalue weighted by Crippen LogP contribution is 2.09. The first kappa shape index (κ1) is 6.39. The van der Waals surface area contributed by atoms with Crippen molar-refractivity contribution in [3.05, 3.63) is 0 Å². The molecule has 2 atom stereocenters. The highest BCUT2D eigenvalue weighted by atomic mass is 31.1. The van der Waals surface area contributed by atoms with E-state index < -0.39 is 0 Å². The van der Waals surface area contributed by atoms with Crippen LogP contribution in [0.3, 0.4) is 0 Å². The number of hydrogen-bond acceptors (Lipinski definition) is 1. The monoisotopic (exact) mass is 105 g/mol. The summed E-state index contributed by atoms with van der Waals surface area (Å²) in [5, 5.41) is 0. The maximum atomic E-state index is 5.29. The Bertz CT molecular complexity index is 26.7. The smallest absolute Gasteiger partial charge is 0.00145 e. The van der Waals surface area contributed by atoms with Crippen LogP contribution in [0.1, 0.15) is 6.92 Å². The average molecular weight is 105 g/mol. The maximum Gasteiger partial charge on any atom is -0.00145 e. The second-order valence-electron chi connectivity index (χ2n) is 1.43. The molecule has 2 heteroatoms. The molecule has 0 amide bonds. The molecule has 6 heavy (non-hydrogen) atoms. The van der Waals surface area contributed by atoms with Crippen LogP contribution in [0.25, 0.3) is 0 Å². The average Bonchev–Trinajstić information content (AvgIpc) is 1.65. The molecule has 0 heterocycles. The Morgan fingerprint density at radius 1 is 1.83 bits per heavy atom. The summed E-state index contributed by atoms with van der Waals surface area (Å²) in [5.41, 5.74) is 6.03. The Labute approximate surface area is 41.1 Å². The van der Waals surface area contributed by atoms with Gasteiger partial charge in [-0.2, -0.15) is 0 Å². The fourth-order valence-electron chi connectivity index (χ4n) is 0.118. The zero-order valence-corrected chi connectivity index (χ0v) is 5.36. The predicted octanol–water partition coefficient (Wildman–Crippen LogP) is 0.642. The third-order valence-corrected chi connectivity index (χ3v) is 2.07. The molecule has 0 aromatic rings. The predicted molar refractivity (Wildman–Crippen MR) is 32.8 cm³/mol. The van der Waals surface area contributed by atoms with Gasteiger partial charge in [-0.15, -0.1) is 8.58 Å². The van der Waals surface area contributed by atoms with Crippen LogP contribution in [0.4, 0.5) is 0 Å². The summed E-state index contributed by atoms with van der Waals surface area (Å²) in [7, 11) is 1.01. The summed E-state index contributed by atoms with van der Waals surface area (Å²) in [6.07, 6.45) is 0. The van der Waals surface area contributed by atoms with E-state index in [2.05, 4.69) is 13.6 Å². The second kappa shape index (κ2) is 3.58. The van der Waals surface area contributed by atoms with Crippen LogP contribution in [0.15, 0.2) is 0 Å². The van der Waals surface area contributed by atoms with Crippen molar-refractivity contribution in [1.29, 1.82) is 0 Å². The van der Waals surface area contributed by atoms with Crippen molar-refractivity contribution in [2.75, 3.05) is 13.2 Å². The molecule has 0 fully saturated rings. The lowest BCUT2D eigenvalue weighted by atomic mass is 10.5. The topological polar surface area (TPSA) is 26.0 Å². The summed E-state index contributed by atoms with van der Waals surface area (Å²) < 4.78 is 0. The Morgan fingerprint density at radius 2 is 2.33 bits per heavy atom. The molecule has 0 rings (SSSR count). The minimum atomic E-state index is 0.741. The fourth-order valence-corrected chi connectivity index (χ4v) is 0.354. The van der Waals surface area contributed by atoms with Crippen LogP contribution in [0.5, 0.6) is 0 Å². The van der Waals surface area contributed by atoms with Crippen molar-refractivity contribution < 1.29 is 0 Å². The van der Waals surface area contributed by atoms with E-state index in [1.807, 2.05) is 0 Å². The minimum absolute atomic E-state index is 0.741. The molecule has 0 spiro atoms. The molecular weight excluding hydrogens is 93.0 g/mol. The summed E-state index contributed by atoms with van der Waals surface area (Å²) in [5.74, 6) is 0. The first-order valence-corrected chi connectivity index (χ1v) is 3.76. The molecule has 38 valence electrons. The van der Waals surface area contributed by atoms with Gasteiger partial charge in [-0.3, -0.25) is 0 Å². The molecule has 0 aromatic carbocycles. The van der Waals surface area contributed by atoms with Gasteiger partial charge in [0.15, 0.2) is 0 Å². The van der Waals surface area contributed by atoms with Gasteiger partial charge in [0.25, 0.3) is 0 Å². The van der Waals surface area contributed by atoms with Gasteiger partial charge in [-0.1, -0.05) is 6.92 Å². The molecule has 1 unspecified atom stereocenters. The Morgan fingerprint density at radius 3 is 2.33 bits per heavy atom. The van der Waals surface area contributed by atoms with Crippen LogP contribution in [0, 0.1) is 0 Å². The number of hydrogen-bond donors (Lipinski definition) is 1. The molecule has 0 aliphatic heterocycles. The van der Waals surface area contributed by atoms with E-state index in [1.54, 1.807) is 0 Å². The second-order valence-corrected chi connectivity index (χ2v) is 2.99. The van der Waals surface area contributed by atoms with E-state index in [9.17, 15) is 0 Å². The van der Waals surface area contributed by atoms with Gasteiger partial charge in [0.05, 0.1) is 0 Å². The molecule has 0 aromatic heterocycles. The quantitative estimate of drug-likeness (QED) is 0.512. The fraction of sp³-hybridized carbons (Fsp3) is 1.00. The molecular formula is C4H12NP. The van der Waals surface area contributed by atoms with Gasteiger partial charge in [0.1, 0.15) is 0 Å². The molecule has 1 nitrogen and oxygen atoms in total. The Balaban J connectivity index is 2.75. The van der Waals surface area contributed by atoms with Gasteiger partial charge in [0.2, 0.25) is 0 Å². The summed E-state index contributed by atoms with van der Waals surface area (Å²) >= 11 is 0. The van der Waals surface area contributed by atoms with Crippen molar-refractivity contribution in [1.82, 2.24) is 0 Å². The lowest BCUT2D eigenvalue weighted by Gasteiger charge is -1.99. The van der Waals surface area contributed by atoms with Gasteiger partial charge >= 0.3 is 0 Å². The minimum Gasteiger partial charge on any atom is -0.330 e. The van der Waals surface area contributed by atoms with Gasteiger partial charge < -0.3 is 5.73 Å². The highest BCUT2D eigenvalue weighted by molar-refractivity contribution is 7.37. The third-order valence-electron chi connectivity index (χ3n) is 0.846. The summed E-state index contributed by atoms with van der Waals surface area (Å²) in [4.78, 5) is 0. The van der Waals surface area contributed by atoms with Crippen molar-refractivity contribution in [2.45, 2.75) is 12.6 Å².